The van der Waals surface area contributed by atoms with E-state index in [2.05, 4.69) is 18.9 Å². The van der Waals surface area contributed by atoms with Gasteiger partial charge in [0, 0.05) is 18.0 Å². The van der Waals surface area contributed by atoms with Crippen molar-refractivity contribution in [3.63, 3.8) is 0 Å². The van der Waals surface area contributed by atoms with Crippen LogP contribution in [0, 0.1) is 12.3 Å². The molecule has 1 aromatic heterocycles. The van der Waals surface area contributed by atoms with Crippen LogP contribution in [0.15, 0.2) is 0 Å². The van der Waals surface area contributed by atoms with Gasteiger partial charge in [0.1, 0.15) is 5.15 Å². The zero-order valence-corrected chi connectivity index (χ0v) is 12.2. The van der Waals surface area contributed by atoms with Gasteiger partial charge in [-0.25, -0.2) is 0 Å². The third-order valence-corrected chi connectivity index (χ3v) is 3.39. The first kappa shape index (κ1) is 13.9. The maximum absolute atomic E-state index is 6.22. The molecule has 1 aromatic rings. The van der Waals surface area contributed by atoms with E-state index in [0.29, 0.717) is 0 Å². The number of rotatable bonds is 4. The summed E-state index contributed by atoms with van der Waals surface area (Å²) >= 11 is 12.3. The average molecular weight is 263 g/mol. The minimum atomic E-state index is 0.151. The van der Waals surface area contributed by atoms with Gasteiger partial charge in [0.25, 0.3) is 0 Å². The van der Waals surface area contributed by atoms with Crippen molar-refractivity contribution >= 4 is 23.2 Å². The first-order chi connectivity index (χ1) is 7.23. The Balaban J connectivity index is 2.87. The molecular weight excluding hydrogens is 243 g/mol. The molecule has 0 aliphatic rings. The number of aromatic nitrogens is 2. The minimum absolute atomic E-state index is 0.151. The molecule has 1 rings (SSSR count). The van der Waals surface area contributed by atoms with E-state index in [1.807, 2.05) is 20.9 Å². The van der Waals surface area contributed by atoms with E-state index in [4.69, 9.17) is 23.2 Å². The van der Waals surface area contributed by atoms with Gasteiger partial charge < -0.3 is 0 Å². The maximum Gasteiger partial charge on any atom is 0.130 e. The third kappa shape index (κ3) is 3.39. The van der Waals surface area contributed by atoms with Crippen LogP contribution in [0.2, 0.25) is 5.15 Å². The average Bonchev–Trinajstić information content (AvgIpc) is 2.29. The van der Waals surface area contributed by atoms with Crippen molar-refractivity contribution in [3.05, 3.63) is 16.4 Å². The second-order valence-electron chi connectivity index (χ2n) is 5.30. The Labute approximate surface area is 108 Å². The fourth-order valence-corrected chi connectivity index (χ4v) is 2.85. The maximum atomic E-state index is 6.22. The summed E-state index contributed by atoms with van der Waals surface area (Å²) in [5.74, 6) is 0. The number of hydrogen-bond donors (Lipinski definition) is 0. The number of aryl methyl sites for hydroxylation is 2. The molecule has 4 heteroatoms. The Morgan fingerprint density at radius 1 is 1.44 bits per heavy atom. The summed E-state index contributed by atoms with van der Waals surface area (Å²) in [6.07, 6.45) is 1.89. The van der Waals surface area contributed by atoms with Gasteiger partial charge in [-0.1, -0.05) is 25.4 Å². The summed E-state index contributed by atoms with van der Waals surface area (Å²) in [7, 11) is 1.87. The lowest BCUT2D eigenvalue weighted by Crippen LogP contribution is -2.19. The predicted octanol–water partition coefficient (Wildman–Crippen LogP) is 3.97. The second-order valence-corrected chi connectivity index (χ2v) is 6.41. The molecule has 0 amide bonds. The van der Waals surface area contributed by atoms with E-state index in [1.54, 1.807) is 4.68 Å². The zero-order chi connectivity index (χ0) is 12.5. The van der Waals surface area contributed by atoms with Crippen molar-refractivity contribution in [2.45, 2.75) is 45.9 Å². The van der Waals surface area contributed by atoms with E-state index < -0.39 is 0 Å². The van der Waals surface area contributed by atoms with Crippen LogP contribution in [-0.4, -0.2) is 15.2 Å². The van der Waals surface area contributed by atoms with Gasteiger partial charge in [0.05, 0.1) is 5.69 Å². The number of halogens is 2. The van der Waals surface area contributed by atoms with Crippen molar-refractivity contribution < 1.29 is 0 Å². The molecule has 16 heavy (non-hydrogen) atoms. The Morgan fingerprint density at radius 2 is 2.00 bits per heavy atom. The molecule has 0 aromatic carbocycles. The van der Waals surface area contributed by atoms with Gasteiger partial charge in [-0.2, -0.15) is 5.10 Å². The molecule has 0 bridgehead atoms. The van der Waals surface area contributed by atoms with Crippen molar-refractivity contribution in [1.29, 1.82) is 0 Å². The molecule has 1 heterocycles. The topological polar surface area (TPSA) is 17.8 Å². The summed E-state index contributed by atoms with van der Waals surface area (Å²) in [4.78, 5) is 0. The first-order valence-electron chi connectivity index (χ1n) is 5.55. The van der Waals surface area contributed by atoms with Crippen LogP contribution in [-0.2, 0) is 13.5 Å². The van der Waals surface area contributed by atoms with Gasteiger partial charge in [0.15, 0.2) is 0 Å². The first-order valence-corrected chi connectivity index (χ1v) is 6.36. The molecule has 0 saturated heterocycles. The molecule has 1 unspecified atom stereocenters. The van der Waals surface area contributed by atoms with E-state index in [9.17, 15) is 0 Å². The molecule has 0 fully saturated rings. The van der Waals surface area contributed by atoms with Crippen molar-refractivity contribution in [3.8, 4) is 0 Å². The Bertz CT molecular complexity index is 367. The monoisotopic (exact) mass is 262 g/mol. The summed E-state index contributed by atoms with van der Waals surface area (Å²) in [5.41, 5.74) is 2.31. The normalized spacial score (nSPS) is 14.2. The van der Waals surface area contributed by atoms with Crippen LogP contribution in [0.25, 0.3) is 0 Å². The molecule has 0 spiro atoms. The van der Waals surface area contributed by atoms with E-state index in [1.165, 1.54) is 0 Å². The van der Waals surface area contributed by atoms with Crippen molar-refractivity contribution in [1.82, 2.24) is 9.78 Å². The highest BCUT2D eigenvalue weighted by Gasteiger charge is 2.24. The molecule has 0 saturated carbocycles. The third-order valence-electron chi connectivity index (χ3n) is 2.76. The van der Waals surface area contributed by atoms with Crippen LogP contribution >= 0.6 is 23.2 Å². The number of alkyl halides is 1. The largest absolute Gasteiger partial charge is 0.257 e. The SMILES string of the molecule is Cc1nn(C)c(Cl)c1CC(C)(C)CC(C)Cl. The van der Waals surface area contributed by atoms with E-state index in [-0.39, 0.29) is 10.8 Å². The Hall–Kier alpha value is -0.210. The highest BCUT2D eigenvalue weighted by molar-refractivity contribution is 6.30. The Morgan fingerprint density at radius 3 is 2.38 bits per heavy atom. The number of nitrogens with zero attached hydrogens (tertiary/aromatic N) is 2. The standard InChI is InChI=1S/C12H20Cl2N2/c1-8(13)6-12(3,4)7-10-9(2)15-16(5)11(10)14/h8H,6-7H2,1-5H3. The molecule has 0 aliphatic carbocycles. The van der Waals surface area contributed by atoms with Gasteiger partial charge in [-0.05, 0) is 32.1 Å². The van der Waals surface area contributed by atoms with Gasteiger partial charge >= 0.3 is 0 Å². The number of hydrogen-bond acceptors (Lipinski definition) is 1. The van der Waals surface area contributed by atoms with Crippen molar-refractivity contribution in [2.24, 2.45) is 12.5 Å². The molecule has 1 atom stereocenters. The van der Waals surface area contributed by atoms with Crippen LogP contribution < -0.4 is 0 Å². The van der Waals surface area contributed by atoms with E-state index >= 15 is 0 Å². The van der Waals surface area contributed by atoms with E-state index in [0.717, 1.165) is 29.3 Å². The predicted molar refractivity (Wildman–Crippen MR) is 70.4 cm³/mol. The fraction of sp³-hybridized carbons (Fsp3) is 0.750. The smallest absolute Gasteiger partial charge is 0.130 e. The lowest BCUT2D eigenvalue weighted by molar-refractivity contribution is 0.331. The van der Waals surface area contributed by atoms with Gasteiger partial charge in [-0.15, -0.1) is 11.6 Å². The lowest BCUT2D eigenvalue weighted by Gasteiger charge is -2.25. The highest BCUT2D eigenvalue weighted by atomic mass is 35.5. The van der Waals surface area contributed by atoms with Gasteiger partial charge in [-0.3, -0.25) is 4.68 Å². The van der Waals surface area contributed by atoms with Crippen LogP contribution in [0.1, 0.15) is 38.4 Å². The minimum Gasteiger partial charge on any atom is -0.257 e. The zero-order valence-electron chi connectivity index (χ0n) is 10.6. The molecule has 2 nitrogen and oxygen atoms in total. The molecule has 92 valence electrons. The van der Waals surface area contributed by atoms with Crippen molar-refractivity contribution in [2.75, 3.05) is 0 Å². The molecular formula is C12H20Cl2N2. The summed E-state index contributed by atoms with van der Waals surface area (Å²) in [6, 6.07) is 0. The quantitative estimate of drug-likeness (QED) is 0.751. The summed E-state index contributed by atoms with van der Waals surface area (Å²) < 4.78 is 1.73. The highest BCUT2D eigenvalue weighted by Crippen LogP contribution is 2.32. The molecule has 0 aliphatic heterocycles. The lowest BCUT2D eigenvalue weighted by atomic mass is 9.82. The Kier molecular flexibility index (Phi) is 4.30. The molecule has 0 radical (unpaired) electrons. The van der Waals surface area contributed by atoms with Crippen LogP contribution in [0.5, 0.6) is 0 Å². The fourth-order valence-electron chi connectivity index (χ4n) is 2.19. The van der Waals surface area contributed by atoms with Gasteiger partial charge in [0.2, 0.25) is 0 Å². The van der Waals surface area contributed by atoms with Crippen LogP contribution in [0.3, 0.4) is 0 Å². The summed E-state index contributed by atoms with van der Waals surface area (Å²) in [5, 5.41) is 5.25. The molecule has 0 N–H and O–H groups in total. The van der Waals surface area contributed by atoms with Crippen LogP contribution in [0.4, 0.5) is 0 Å². The summed E-state index contributed by atoms with van der Waals surface area (Å²) in [6.45, 7) is 8.46. The second kappa shape index (κ2) is 4.97.